The Labute approximate surface area is 125 Å². The highest BCUT2D eigenvalue weighted by molar-refractivity contribution is 5.91. The lowest BCUT2D eigenvalue weighted by atomic mass is 10.2. The van der Waals surface area contributed by atoms with Gasteiger partial charge in [0.15, 0.2) is 0 Å². The number of carbonyl (C=O) groups excluding carboxylic acids is 1. The van der Waals surface area contributed by atoms with Crippen molar-refractivity contribution in [2.45, 2.75) is 0 Å². The molecule has 0 spiro atoms. The van der Waals surface area contributed by atoms with Crippen molar-refractivity contribution in [3.05, 3.63) is 58.9 Å². The van der Waals surface area contributed by atoms with Gasteiger partial charge in [0.2, 0.25) is 0 Å². The Balaban J connectivity index is 1.56. The first-order valence-corrected chi connectivity index (χ1v) is 6.76. The molecule has 0 aliphatic heterocycles. The van der Waals surface area contributed by atoms with E-state index in [2.05, 4.69) is 20.3 Å². The number of para-hydroxylation sites is 1. The zero-order chi connectivity index (χ0) is 15.4. The molecule has 1 aromatic carbocycles. The van der Waals surface area contributed by atoms with Crippen molar-refractivity contribution in [1.29, 1.82) is 0 Å². The highest BCUT2D eigenvalue weighted by Crippen LogP contribution is 2.22. The van der Waals surface area contributed by atoms with Gasteiger partial charge in [-0.3, -0.25) is 9.78 Å². The number of aromatic nitrogens is 3. The molecular weight excluding hydrogens is 284 g/mol. The number of nitrogens with one attached hydrogen (secondary N) is 3. The van der Waals surface area contributed by atoms with Crippen LogP contribution in [-0.2, 0) is 0 Å². The predicted molar refractivity (Wildman–Crippen MR) is 81.0 cm³/mol. The van der Waals surface area contributed by atoms with Crippen LogP contribution >= 0.6 is 0 Å². The number of imidazole rings is 1. The highest BCUT2D eigenvalue weighted by Gasteiger charge is 2.07. The summed E-state index contributed by atoms with van der Waals surface area (Å²) < 4.78 is 5.65. The molecule has 3 aromatic rings. The van der Waals surface area contributed by atoms with Crippen LogP contribution in [0.1, 0.15) is 10.5 Å². The SMILES string of the molecule is O=C(NCCOc1cccc2cccnc12)c1c[nH]c(=O)[nH]1. The molecule has 1 amide bonds. The molecule has 3 N–H and O–H groups in total. The van der Waals surface area contributed by atoms with Crippen molar-refractivity contribution in [3.63, 3.8) is 0 Å². The van der Waals surface area contributed by atoms with Crippen molar-refractivity contribution < 1.29 is 9.53 Å². The molecule has 0 fully saturated rings. The summed E-state index contributed by atoms with van der Waals surface area (Å²) in [7, 11) is 0. The Hall–Kier alpha value is -3.09. The van der Waals surface area contributed by atoms with E-state index in [0.717, 1.165) is 10.9 Å². The zero-order valence-corrected chi connectivity index (χ0v) is 11.6. The highest BCUT2D eigenvalue weighted by atomic mass is 16.5. The van der Waals surface area contributed by atoms with Crippen LogP contribution < -0.4 is 15.7 Å². The van der Waals surface area contributed by atoms with Gasteiger partial charge in [0.05, 0.1) is 6.54 Å². The number of aromatic amines is 2. The Morgan fingerprint density at radius 1 is 1.27 bits per heavy atom. The van der Waals surface area contributed by atoms with E-state index < -0.39 is 5.69 Å². The summed E-state index contributed by atoms with van der Waals surface area (Å²) in [5, 5.41) is 3.65. The van der Waals surface area contributed by atoms with Crippen LogP contribution in [-0.4, -0.2) is 34.0 Å². The van der Waals surface area contributed by atoms with E-state index in [1.165, 1.54) is 6.20 Å². The summed E-state index contributed by atoms with van der Waals surface area (Å²) in [5.41, 5.74) is 0.561. The molecule has 112 valence electrons. The van der Waals surface area contributed by atoms with E-state index in [0.29, 0.717) is 18.9 Å². The number of H-pyrrole nitrogens is 2. The summed E-state index contributed by atoms with van der Waals surface area (Å²) in [4.78, 5) is 31.7. The lowest BCUT2D eigenvalue weighted by Crippen LogP contribution is -2.28. The number of amides is 1. The van der Waals surface area contributed by atoms with Gasteiger partial charge in [-0.25, -0.2) is 4.79 Å². The molecule has 7 heteroatoms. The molecule has 2 heterocycles. The van der Waals surface area contributed by atoms with Gasteiger partial charge in [0.1, 0.15) is 23.6 Å². The van der Waals surface area contributed by atoms with E-state index >= 15 is 0 Å². The van der Waals surface area contributed by atoms with Crippen molar-refractivity contribution in [1.82, 2.24) is 20.3 Å². The fourth-order valence-electron chi connectivity index (χ4n) is 2.07. The first kappa shape index (κ1) is 13.9. The molecule has 0 saturated heterocycles. The molecule has 3 rings (SSSR count). The third-order valence-electron chi connectivity index (χ3n) is 3.08. The molecule has 0 aliphatic rings. The van der Waals surface area contributed by atoms with E-state index in [1.54, 1.807) is 6.20 Å². The molecule has 0 aliphatic carbocycles. The lowest BCUT2D eigenvalue weighted by molar-refractivity contribution is 0.0942. The van der Waals surface area contributed by atoms with Crippen LogP contribution in [0.25, 0.3) is 10.9 Å². The van der Waals surface area contributed by atoms with Crippen molar-refractivity contribution in [2.24, 2.45) is 0 Å². The summed E-state index contributed by atoms with van der Waals surface area (Å²) in [5.74, 6) is 0.306. The van der Waals surface area contributed by atoms with Crippen LogP contribution in [0.4, 0.5) is 0 Å². The van der Waals surface area contributed by atoms with Crippen molar-refractivity contribution in [3.8, 4) is 5.75 Å². The number of pyridine rings is 1. The summed E-state index contributed by atoms with van der Waals surface area (Å²) in [6, 6.07) is 9.51. The van der Waals surface area contributed by atoms with Crippen LogP contribution in [0.2, 0.25) is 0 Å². The number of benzene rings is 1. The maximum absolute atomic E-state index is 11.7. The maximum atomic E-state index is 11.7. The first-order chi connectivity index (χ1) is 10.7. The van der Waals surface area contributed by atoms with Crippen LogP contribution in [0.3, 0.4) is 0 Å². The molecule has 7 nitrogen and oxygen atoms in total. The smallest absolute Gasteiger partial charge is 0.323 e. The lowest BCUT2D eigenvalue weighted by Gasteiger charge is -2.09. The maximum Gasteiger partial charge on any atom is 0.323 e. The number of ether oxygens (including phenoxy) is 1. The fraction of sp³-hybridized carbons (Fsp3) is 0.133. The number of hydrogen-bond donors (Lipinski definition) is 3. The zero-order valence-electron chi connectivity index (χ0n) is 11.6. The van der Waals surface area contributed by atoms with Gasteiger partial charge >= 0.3 is 5.69 Å². The standard InChI is InChI=1S/C15H14N4O3/c20-14(11-9-18-15(21)19-11)17-7-8-22-12-5-1-3-10-4-2-6-16-13(10)12/h1-6,9H,7-8H2,(H,17,20)(H2,18,19,21). The predicted octanol–water partition coefficient (Wildman–Crippen LogP) is 1.06. The van der Waals surface area contributed by atoms with E-state index in [1.807, 2.05) is 30.3 Å². The van der Waals surface area contributed by atoms with E-state index in [9.17, 15) is 9.59 Å². The number of carbonyl (C=O) groups is 1. The first-order valence-electron chi connectivity index (χ1n) is 6.76. The molecule has 2 aromatic heterocycles. The largest absolute Gasteiger partial charge is 0.489 e. The second kappa shape index (κ2) is 6.13. The number of nitrogens with zero attached hydrogens (tertiary/aromatic N) is 1. The van der Waals surface area contributed by atoms with Crippen LogP contribution in [0.15, 0.2) is 47.5 Å². The molecule has 0 atom stereocenters. The van der Waals surface area contributed by atoms with E-state index in [4.69, 9.17) is 4.74 Å². The molecule has 0 saturated carbocycles. The third-order valence-corrected chi connectivity index (χ3v) is 3.08. The minimum Gasteiger partial charge on any atom is -0.489 e. The quantitative estimate of drug-likeness (QED) is 0.613. The van der Waals surface area contributed by atoms with Gasteiger partial charge in [0.25, 0.3) is 5.91 Å². The average Bonchev–Trinajstić information content (AvgIpc) is 2.98. The molecular formula is C15H14N4O3. The van der Waals surface area contributed by atoms with Gasteiger partial charge in [-0.2, -0.15) is 0 Å². The van der Waals surface area contributed by atoms with Gasteiger partial charge in [-0.05, 0) is 12.1 Å². The second-order valence-corrected chi connectivity index (χ2v) is 4.59. The molecule has 0 bridgehead atoms. The Morgan fingerprint density at radius 2 is 2.14 bits per heavy atom. The van der Waals surface area contributed by atoms with Gasteiger partial charge < -0.3 is 20.0 Å². The topological polar surface area (TPSA) is 99.9 Å². The minimum atomic E-state index is -0.414. The molecule has 22 heavy (non-hydrogen) atoms. The van der Waals surface area contributed by atoms with Crippen molar-refractivity contribution in [2.75, 3.05) is 13.2 Å². The molecule has 0 radical (unpaired) electrons. The Kier molecular flexibility index (Phi) is 3.86. The van der Waals surface area contributed by atoms with Crippen molar-refractivity contribution >= 4 is 16.8 Å². The van der Waals surface area contributed by atoms with Crippen LogP contribution in [0, 0.1) is 0 Å². The van der Waals surface area contributed by atoms with Crippen LogP contribution in [0.5, 0.6) is 5.75 Å². The second-order valence-electron chi connectivity index (χ2n) is 4.59. The Morgan fingerprint density at radius 3 is 2.95 bits per heavy atom. The Bertz CT molecular complexity index is 848. The van der Waals surface area contributed by atoms with Gasteiger partial charge in [-0.1, -0.05) is 18.2 Å². The third kappa shape index (κ3) is 2.98. The van der Waals surface area contributed by atoms with E-state index in [-0.39, 0.29) is 11.6 Å². The fourth-order valence-corrected chi connectivity index (χ4v) is 2.07. The normalized spacial score (nSPS) is 10.5. The van der Waals surface area contributed by atoms with Gasteiger partial charge in [-0.15, -0.1) is 0 Å². The monoisotopic (exact) mass is 298 g/mol. The minimum absolute atomic E-state index is 0.192. The summed E-state index contributed by atoms with van der Waals surface area (Å²) >= 11 is 0. The number of fused-ring (bicyclic) bond motifs is 1. The summed E-state index contributed by atoms with van der Waals surface area (Å²) in [6.45, 7) is 0.616. The average molecular weight is 298 g/mol. The number of rotatable bonds is 5. The van der Waals surface area contributed by atoms with Gasteiger partial charge in [0, 0.05) is 17.8 Å². The molecule has 0 unspecified atom stereocenters. The summed E-state index contributed by atoms with van der Waals surface area (Å²) in [6.07, 6.45) is 3.03. The number of hydrogen-bond acceptors (Lipinski definition) is 4.